The van der Waals surface area contributed by atoms with Crippen LogP contribution in [-0.2, 0) is 4.79 Å². The Balaban J connectivity index is 2.53. The lowest BCUT2D eigenvalue weighted by molar-refractivity contribution is -0.109. The average Bonchev–Trinajstić information content (AvgIpc) is 2.03. The molecule has 0 radical (unpaired) electrons. The van der Waals surface area contributed by atoms with Gasteiger partial charge in [-0.05, 0) is 24.3 Å². The Kier molecular flexibility index (Phi) is 3.18. The zero-order valence-corrected chi connectivity index (χ0v) is 7.53. The second kappa shape index (κ2) is 4.17. The summed E-state index contributed by atoms with van der Waals surface area (Å²) in [6, 6.07) is 5.86. The van der Waals surface area contributed by atoms with E-state index in [0.29, 0.717) is 0 Å². The van der Waals surface area contributed by atoms with Gasteiger partial charge >= 0.3 is 0 Å². The highest BCUT2D eigenvalue weighted by molar-refractivity contribution is 7.40. The molecule has 1 unspecified atom stereocenters. The minimum absolute atomic E-state index is 0.0284. The first kappa shape index (κ1) is 9.14. The molecule has 12 heavy (non-hydrogen) atoms. The summed E-state index contributed by atoms with van der Waals surface area (Å²) in [4.78, 5) is 10.5. The molecule has 0 spiro atoms. The molecule has 1 rings (SSSR count). The van der Waals surface area contributed by atoms with Crippen molar-refractivity contribution in [2.45, 2.75) is 0 Å². The van der Waals surface area contributed by atoms with E-state index in [1.807, 2.05) is 0 Å². The second-order valence-electron chi connectivity index (χ2n) is 2.33. The van der Waals surface area contributed by atoms with E-state index in [1.54, 1.807) is 12.1 Å². The fraction of sp³-hybridized carbons (Fsp3) is 0.125. The summed E-state index contributed by atoms with van der Waals surface area (Å²) in [5, 5.41) is 2.83. The molecule has 0 aliphatic rings. The fourth-order valence-corrected chi connectivity index (χ4v) is 0.859. The Morgan fingerprint density at radius 2 is 2.00 bits per heavy atom. The van der Waals surface area contributed by atoms with E-state index in [1.165, 1.54) is 12.1 Å². The van der Waals surface area contributed by atoms with Crippen LogP contribution in [0.1, 0.15) is 0 Å². The molecule has 1 aromatic rings. The first-order chi connectivity index (χ1) is 5.68. The summed E-state index contributed by atoms with van der Waals surface area (Å²) in [5.74, 6) is -0.280. The van der Waals surface area contributed by atoms with E-state index in [0.717, 1.165) is 5.69 Å². The molecule has 0 heterocycles. The Labute approximate surface area is 72.4 Å². The van der Waals surface area contributed by atoms with Crippen LogP contribution in [0.3, 0.4) is 0 Å². The molecule has 0 amide bonds. The normalized spacial score (nSPS) is 9.50. The summed E-state index contributed by atoms with van der Waals surface area (Å²) in [7, 11) is 2.06. The van der Waals surface area contributed by atoms with Crippen molar-refractivity contribution in [2.75, 3.05) is 11.9 Å². The van der Waals surface area contributed by atoms with Gasteiger partial charge < -0.3 is 5.32 Å². The van der Waals surface area contributed by atoms with E-state index in [4.69, 9.17) is 0 Å². The molecule has 0 aliphatic carbocycles. The van der Waals surface area contributed by atoms with Gasteiger partial charge in [0.2, 0.25) is 0 Å². The second-order valence-corrected chi connectivity index (χ2v) is 2.97. The van der Waals surface area contributed by atoms with Crippen LogP contribution < -0.4 is 5.32 Å². The molecular weight excluding hydrogens is 176 g/mol. The van der Waals surface area contributed by atoms with Crippen molar-refractivity contribution in [1.82, 2.24) is 0 Å². The van der Waals surface area contributed by atoms with E-state index in [9.17, 15) is 9.18 Å². The monoisotopic (exact) mass is 185 g/mol. The number of anilines is 1. The maximum Gasteiger partial charge on any atom is 0.167 e. The maximum atomic E-state index is 12.4. The lowest BCUT2D eigenvalue weighted by Gasteiger charge is -2.02. The molecule has 1 N–H and O–H groups in total. The number of hydrogen-bond acceptors (Lipinski definition) is 2. The van der Waals surface area contributed by atoms with Crippen molar-refractivity contribution in [2.24, 2.45) is 0 Å². The number of nitrogens with one attached hydrogen (secondary N) is 1. The van der Waals surface area contributed by atoms with Gasteiger partial charge in [0.05, 0.1) is 6.54 Å². The summed E-state index contributed by atoms with van der Waals surface area (Å²) in [6.07, 6.45) is 0. The van der Waals surface area contributed by atoms with E-state index >= 15 is 0 Å². The zero-order chi connectivity index (χ0) is 8.97. The summed E-state index contributed by atoms with van der Waals surface area (Å²) in [5.41, 5.74) is 0.714. The van der Waals surface area contributed by atoms with E-state index < -0.39 is 0 Å². The lowest BCUT2D eigenvalue weighted by atomic mass is 10.3. The van der Waals surface area contributed by atoms with Crippen molar-refractivity contribution < 1.29 is 9.18 Å². The largest absolute Gasteiger partial charge is 0.378 e. The first-order valence-electron chi connectivity index (χ1n) is 3.46. The predicted octanol–water partition coefficient (Wildman–Crippen LogP) is 1.64. The summed E-state index contributed by atoms with van der Waals surface area (Å²) >= 11 is 0. The third-order valence-electron chi connectivity index (χ3n) is 1.31. The number of halogens is 1. The third-order valence-corrected chi connectivity index (χ3v) is 1.52. The topological polar surface area (TPSA) is 29.1 Å². The predicted molar refractivity (Wildman–Crippen MR) is 49.6 cm³/mol. The van der Waals surface area contributed by atoms with Gasteiger partial charge in [-0.25, -0.2) is 4.39 Å². The number of benzene rings is 1. The highest BCUT2D eigenvalue weighted by atomic mass is 31.0. The Morgan fingerprint density at radius 3 is 2.50 bits per heavy atom. The van der Waals surface area contributed by atoms with Crippen LogP contribution in [0.5, 0.6) is 0 Å². The van der Waals surface area contributed by atoms with Gasteiger partial charge in [-0.15, -0.1) is 0 Å². The minimum atomic E-state index is -0.280. The van der Waals surface area contributed by atoms with Crippen molar-refractivity contribution in [3.8, 4) is 0 Å². The molecule has 64 valence electrons. The van der Waals surface area contributed by atoms with Gasteiger partial charge in [0.25, 0.3) is 0 Å². The SMILES string of the molecule is O=C(P)CNc1ccc(F)cc1. The number of rotatable bonds is 3. The fourth-order valence-electron chi connectivity index (χ4n) is 0.757. The molecule has 0 saturated heterocycles. The van der Waals surface area contributed by atoms with E-state index in [-0.39, 0.29) is 17.9 Å². The highest BCUT2D eigenvalue weighted by Gasteiger charge is 1.94. The molecule has 0 saturated carbocycles. The van der Waals surface area contributed by atoms with Crippen molar-refractivity contribution in [1.29, 1.82) is 0 Å². The average molecular weight is 185 g/mol. The van der Waals surface area contributed by atoms with Crippen LogP contribution in [0.4, 0.5) is 10.1 Å². The van der Waals surface area contributed by atoms with Crippen LogP contribution in [-0.4, -0.2) is 12.1 Å². The standard InChI is InChI=1S/C8H9FNOP/c9-6-1-3-7(4-2-6)10-5-8(11)12/h1-4,10H,5,12H2. The molecule has 0 fully saturated rings. The maximum absolute atomic E-state index is 12.4. The van der Waals surface area contributed by atoms with Gasteiger partial charge in [0.15, 0.2) is 5.52 Å². The number of carbonyl (C=O) groups is 1. The molecule has 0 bridgehead atoms. The van der Waals surface area contributed by atoms with Crippen LogP contribution in [0, 0.1) is 5.82 Å². The number of carbonyl (C=O) groups excluding carboxylic acids is 1. The van der Waals surface area contributed by atoms with Crippen molar-refractivity contribution in [3.05, 3.63) is 30.1 Å². The number of hydrogen-bond donors (Lipinski definition) is 1. The van der Waals surface area contributed by atoms with Gasteiger partial charge in [-0.3, -0.25) is 4.79 Å². The zero-order valence-electron chi connectivity index (χ0n) is 6.38. The molecule has 2 nitrogen and oxygen atoms in total. The summed E-state index contributed by atoms with van der Waals surface area (Å²) in [6.45, 7) is 0.246. The molecule has 1 aromatic carbocycles. The summed E-state index contributed by atoms with van der Waals surface area (Å²) < 4.78 is 12.4. The van der Waals surface area contributed by atoms with Crippen molar-refractivity contribution >= 4 is 20.5 Å². The Hall–Kier alpha value is -0.950. The first-order valence-corrected chi connectivity index (χ1v) is 4.04. The van der Waals surface area contributed by atoms with Gasteiger partial charge in [0.1, 0.15) is 5.82 Å². The molecule has 4 heteroatoms. The molecular formula is C8H9FNOP. The van der Waals surface area contributed by atoms with Gasteiger partial charge in [-0.1, -0.05) is 9.24 Å². The molecule has 0 aromatic heterocycles. The quantitative estimate of drug-likeness (QED) is 0.725. The Morgan fingerprint density at radius 1 is 1.42 bits per heavy atom. The van der Waals surface area contributed by atoms with Crippen LogP contribution in [0.25, 0.3) is 0 Å². The van der Waals surface area contributed by atoms with E-state index in [2.05, 4.69) is 14.6 Å². The molecule has 0 aliphatic heterocycles. The lowest BCUT2D eigenvalue weighted by Crippen LogP contribution is -2.07. The van der Waals surface area contributed by atoms with Gasteiger partial charge in [0, 0.05) is 5.69 Å². The van der Waals surface area contributed by atoms with Crippen molar-refractivity contribution in [3.63, 3.8) is 0 Å². The van der Waals surface area contributed by atoms with Crippen LogP contribution in [0.15, 0.2) is 24.3 Å². The molecule has 1 atom stereocenters. The minimum Gasteiger partial charge on any atom is -0.378 e. The Bertz CT molecular complexity index is 273. The smallest absolute Gasteiger partial charge is 0.167 e. The van der Waals surface area contributed by atoms with Gasteiger partial charge in [-0.2, -0.15) is 0 Å². The third kappa shape index (κ3) is 2.97. The highest BCUT2D eigenvalue weighted by Crippen LogP contribution is 2.07. The van der Waals surface area contributed by atoms with Crippen LogP contribution >= 0.6 is 9.24 Å². The van der Waals surface area contributed by atoms with Crippen LogP contribution in [0.2, 0.25) is 0 Å².